The number of rotatable bonds is 6. The van der Waals surface area contributed by atoms with Crippen LogP contribution in [0.1, 0.15) is 18.1 Å². The number of ether oxygens (including phenoxy) is 1. The number of piperazine rings is 1. The van der Waals surface area contributed by atoms with E-state index < -0.39 is 51.7 Å². The smallest absolute Gasteiger partial charge is 0.416 e. The van der Waals surface area contributed by atoms with Gasteiger partial charge < -0.3 is 9.64 Å². The standard InChI is InChI=1S/C21H21F4N3O6S/c1-13(29)27-8-9-28(19(11-27)20(30)26-31)35(32,33)17-5-3-16(4-6-17)34-12-14-10-15(22)2-7-18(14)21(23,24)25/h2-7,10,19,31H,8-9,11-12H2,1H3,(H,26,30). The van der Waals surface area contributed by atoms with Crippen LogP contribution in [0.2, 0.25) is 0 Å². The average molecular weight is 519 g/mol. The van der Waals surface area contributed by atoms with Crippen LogP contribution in [-0.4, -0.2) is 60.3 Å². The highest BCUT2D eigenvalue weighted by Gasteiger charge is 2.41. The molecule has 2 aromatic carbocycles. The van der Waals surface area contributed by atoms with Gasteiger partial charge in [0.05, 0.1) is 10.5 Å². The Morgan fingerprint density at radius 1 is 1.14 bits per heavy atom. The van der Waals surface area contributed by atoms with Crippen molar-refractivity contribution in [2.75, 3.05) is 19.6 Å². The summed E-state index contributed by atoms with van der Waals surface area (Å²) in [5.41, 5.74) is -0.0957. The fraction of sp³-hybridized carbons (Fsp3) is 0.333. The number of hydrogen-bond acceptors (Lipinski definition) is 6. The van der Waals surface area contributed by atoms with Gasteiger partial charge in [0.1, 0.15) is 24.2 Å². The lowest BCUT2D eigenvalue weighted by molar-refractivity contribution is -0.139. The largest absolute Gasteiger partial charge is 0.489 e. The predicted molar refractivity (Wildman–Crippen MR) is 112 cm³/mol. The second-order valence-electron chi connectivity index (χ2n) is 7.63. The van der Waals surface area contributed by atoms with E-state index in [0.717, 1.165) is 16.4 Å². The number of sulfonamides is 1. The Bertz CT molecular complexity index is 1200. The first kappa shape index (κ1) is 26.4. The highest BCUT2D eigenvalue weighted by atomic mass is 32.2. The molecule has 0 saturated carbocycles. The summed E-state index contributed by atoms with van der Waals surface area (Å²) < 4.78 is 85.2. The first-order valence-electron chi connectivity index (χ1n) is 10.1. The molecule has 35 heavy (non-hydrogen) atoms. The molecule has 0 aliphatic carbocycles. The summed E-state index contributed by atoms with van der Waals surface area (Å²) in [7, 11) is -4.26. The Kier molecular flexibility index (Phi) is 7.67. The van der Waals surface area contributed by atoms with Crippen molar-refractivity contribution in [2.45, 2.75) is 30.6 Å². The molecule has 1 aliphatic heterocycles. The second kappa shape index (κ2) is 10.2. The van der Waals surface area contributed by atoms with Crippen molar-refractivity contribution in [1.29, 1.82) is 0 Å². The molecule has 2 N–H and O–H groups in total. The van der Waals surface area contributed by atoms with Crippen LogP contribution in [0.3, 0.4) is 0 Å². The number of halogens is 4. The zero-order chi connectivity index (χ0) is 26.0. The van der Waals surface area contributed by atoms with Crippen molar-refractivity contribution >= 4 is 21.8 Å². The summed E-state index contributed by atoms with van der Waals surface area (Å²) in [4.78, 5) is 24.7. The van der Waals surface area contributed by atoms with Crippen molar-refractivity contribution in [2.24, 2.45) is 0 Å². The third-order valence-electron chi connectivity index (χ3n) is 5.39. The monoisotopic (exact) mass is 519 g/mol. The van der Waals surface area contributed by atoms with E-state index >= 15 is 0 Å². The highest BCUT2D eigenvalue weighted by Crippen LogP contribution is 2.33. The summed E-state index contributed by atoms with van der Waals surface area (Å²) in [6.45, 7) is 0.193. The lowest BCUT2D eigenvalue weighted by Crippen LogP contribution is -2.60. The van der Waals surface area contributed by atoms with Crippen molar-refractivity contribution in [3.63, 3.8) is 0 Å². The number of hydrogen-bond donors (Lipinski definition) is 2. The lowest BCUT2D eigenvalue weighted by Gasteiger charge is -2.38. The molecule has 0 bridgehead atoms. The number of amides is 2. The Balaban J connectivity index is 1.79. The fourth-order valence-electron chi connectivity index (χ4n) is 3.59. The van der Waals surface area contributed by atoms with E-state index in [9.17, 15) is 35.6 Å². The molecule has 0 aromatic heterocycles. The van der Waals surface area contributed by atoms with Gasteiger partial charge in [0.2, 0.25) is 15.9 Å². The van der Waals surface area contributed by atoms with Crippen molar-refractivity contribution in [3.05, 3.63) is 59.4 Å². The first-order valence-corrected chi connectivity index (χ1v) is 11.6. The molecule has 1 aliphatic rings. The summed E-state index contributed by atoms with van der Waals surface area (Å²) >= 11 is 0. The van der Waals surface area contributed by atoms with E-state index in [2.05, 4.69) is 0 Å². The van der Waals surface area contributed by atoms with E-state index in [4.69, 9.17) is 9.94 Å². The van der Waals surface area contributed by atoms with Gasteiger partial charge in [-0.1, -0.05) is 0 Å². The van der Waals surface area contributed by atoms with E-state index in [-0.39, 0.29) is 36.2 Å². The van der Waals surface area contributed by atoms with Gasteiger partial charge in [-0.05, 0) is 42.5 Å². The third kappa shape index (κ3) is 5.89. The normalized spacial score (nSPS) is 17.2. The van der Waals surface area contributed by atoms with Crippen LogP contribution in [-0.2, 0) is 32.4 Å². The number of carbonyl (C=O) groups excluding carboxylic acids is 2. The summed E-state index contributed by atoms with van der Waals surface area (Å²) in [6.07, 6.45) is -4.71. The van der Waals surface area contributed by atoms with Crippen LogP contribution in [0.5, 0.6) is 5.75 Å². The molecule has 2 amide bonds. The van der Waals surface area contributed by atoms with Gasteiger partial charge in [-0.25, -0.2) is 18.3 Å². The molecule has 14 heteroatoms. The van der Waals surface area contributed by atoms with Gasteiger partial charge in [-0.3, -0.25) is 14.8 Å². The predicted octanol–water partition coefficient (Wildman–Crippen LogP) is 2.15. The van der Waals surface area contributed by atoms with Gasteiger partial charge in [-0.2, -0.15) is 17.5 Å². The quantitative estimate of drug-likeness (QED) is 0.343. The summed E-state index contributed by atoms with van der Waals surface area (Å²) in [5.74, 6) is -2.24. The van der Waals surface area contributed by atoms with Crippen LogP contribution < -0.4 is 10.2 Å². The Morgan fingerprint density at radius 2 is 1.80 bits per heavy atom. The van der Waals surface area contributed by atoms with Gasteiger partial charge in [0.15, 0.2) is 0 Å². The Labute approximate surface area is 197 Å². The second-order valence-corrected chi connectivity index (χ2v) is 9.52. The molecule has 190 valence electrons. The van der Waals surface area contributed by atoms with Crippen LogP contribution in [0, 0.1) is 5.82 Å². The number of nitrogens with zero attached hydrogens (tertiary/aromatic N) is 2. The number of hydroxylamine groups is 1. The van der Waals surface area contributed by atoms with Gasteiger partial charge in [0, 0.05) is 32.1 Å². The molecule has 1 unspecified atom stereocenters. The van der Waals surface area contributed by atoms with Gasteiger partial charge in [-0.15, -0.1) is 0 Å². The van der Waals surface area contributed by atoms with Crippen LogP contribution >= 0.6 is 0 Å². The van der Waals surface area contributed by atoms with Gasteiger partial charge in [0.25, 0.3) is 5.91 Å². The molecule has 0 spiro atoms. The van der Waals surface area contributed by atoms with Crippen molar-refractivity contribution in [3.8, 4) is 5.75 Å². The maximum atomic E-state index is 13.4. The molecule has 1 saturated heterocycles. The fourth-order valence-corrected chi connectivity index (χ4v) is 5.16. The number of nitrogens with one attached hydrogen (secondary N) is 1. The number of carbonyl (C=O) groups is 2. The Hall–Kier alpha value is -3.23. The molecule has 1 fully saturated rings. The van der Waals surface area contributed by atoms with E-state index in [0.29, 0.717) is 18.2 Å². The topological polar surface area (TPSA) is 116 Å². The van der Waals surface area contributed by atoms with Crippen molar-refractivity contribution in [1.82, 2.24) is 14.7 Å². The Morgan fingerprint density at radius 3 is 2.37 bits per heavy atom. The van der Waals surface area contributed by atoms with Crippen molar-refractivity contribution < 1.29 is 45.5 Å². The molecule has 0 radical (unpaired) electrons. The average Bonchev–Trinajstić information content (AvgIpc) is 2.81. The molecular formula is C21H21F4N3O6S. The minimum atomic E-state index is -4.71. The molecule has 1 heterocycles. The summed E-state index contributed by atoms with van der Waals surface area (Å²) in [6, 6.07) is 5.28. The van der Waals surface area contributed by atoms with Crippen LogP contribution in [0.4, 0.5) is 17.6 Å². The molecule has 1 atom stereocenters. The summed E-state index contributed by atoms with van der Waals surface area (Å²) in [5, 5.41) is 9.01. The van der Waals surface area contributed by atoms with Crippen LogP contribution in [0.25, 0.3) is 0 Å². The maximum Gasteiger partial charge on any atom is 0.416 e. The minimum absolute atomic E-state index is 0.0207. The van der Waals surface area contributed by atoms with E-state index in [1.54, 1.807) is 0 Å². The molecule has 2 aromatic rings. The zero-order valence-electron chi connectivity index (χ0n) is 18.3. The number of alkyl halides is 3. The SMILES string of the molecule is CC(=O)N1CCN(S(=O)(=O)c2ccc(OCc3cc(F)ccc3C(F)(F)F)cc2)C(C(=O)NO)C1. The van der Waals surface area contributed by atoms with Crippen LogP contribution in [0.15, 0.2) is 47.4 Å². The van der Waals surface area contributed by atoms with E-state index in [1.165, 1.54) is 29.4 Å². The molecule has 9 nitrogen and oxygen atoms in total. The third-order valence-corrected chi connectivity index (χ3v) is 7.31. The highest BCUT2D eigenvalue weighted by molar-refractivity contribution is 7.89. The minimum Gasteiger partial charge on any atom is -0.489 e. The first-order chi connectivity index (χ1) is 16.3. The lowest BCUT2D eigenvalue weighted by atomic mass is 10.1. The molecular weight excluding hydrogens is 498 g/mol. The number of benzene rings is 2. The van der Waals surface area contributed by atoms with Gasteiger partial charge >= 0.3 is 6.18 Å². The zero-order valence-corrected chi connectivity index (χ0v) is 19.1. The molecule has 3 rings (SSSR count). The van der Waals surface area contributed by atoms with E-state index in [1.807, 2.05) is 0 Å². The maximum absolute atomic E-state index is 13.4.